The molecule has 0 N–H and O–H groups in total. The molecule has 2 aromatic heterocycles. The fourth-order valence-electron chi connectivity index (χ4n) is 3.23. The first-order valence-corrected chi connectivity index (χ1v) is 8.82. The minimum atomic E-state index is -0.184. The predicted molar refractivity (Wildman–Crippen MR) is 105 cm³/mol. The highest BCUT2D eigenvalue weighted by Gasteiger charge is 2.17. The lowest BCUT2D eigenvalue weighted by Gasteiger charge is -2.05. The molecule has 0 radical (unpaired) electrons. The van der Waals surface area contributed by atoms with Crippen molar-refractivity contribution in [1.29, 1.82) is 5.26 Å². The zero-order valence-electron chi connectivity index (χ0n) is 14.3. The summed E-state index contributed by atoms with van der Waals surface area (Å²) in [5.41, 5.74) is 3.45. The molecule has 0 aliphatic rings. The van der Waals surface area contributed by atoms with Crippen molar-refractivity contribution >= 4 is 22.6 Å². The summed E-state index contributed by atoms with van der Waals surface area (Å²) in [6.45, 7) is 0.690. The van der Waals surface area contributed by atoms with Gasteiger partial charge in [-0.05, 0) is 23.3 Å². The molecule has 5 nitrogen and oxygen atoms in total. The fraction of sp³-hybridized carbons (Fsp3) is 0.0952. The van der Waals surface area contributed by atoms with E-state index in [1.807, 2.05) is 48.5 Å². The zero-order chi connectivity index (χ0) is 18.8. The Balaban J connectivity index is 1.89. The van der Waals surface area contributed by atoms with Crippen molar-refractivity contribution in [3.63, 3.8) is 0 Å². The largest absolute Gasteiger partial charge is 0.329 e. The van der Waals surface area contributed by atoms with Crippen molar-refractivity contribution in [2.24, 2.45) is 0 Å². The second kappa shape index (κ2) is 7.10. The number of fused-ring (bicyclic) bond motifs is 1. The molecule has 132 valence electrons. The lowest BCUT2D eigenvalue weighted by atomic mass is 10.1. The molecule has 0 aliphatic heterocycles. The molecule has 0 amide bonds. The number of halogens is 1. The monoisotopic (exact) mass is 374 g/mol. The van der Waals surface area contributed by atoms with Crippen LogP contribution in [0.2, 0.25) is 5.15 Å². The maximum Gasteiger partial charge on any atom is 0.329 e. The van der Waals surface area contributed by atoms with E-state index >= 15 is 0 Å². The standard InChI is InChI=1S/C21H15ClN4O/c22-20-19-18(10-11-24-20)25(14-17-9-5-4-8-16(17)12-23)21(27)26(19)13-15-6-2-1-3-7-15/h1-11H,13-14H2. The van der Waals surface area contributed by atoms with Crippen LogP contribution in [-0.4, -0.2) is 14.1 Å². The number of imidazole rings is 1. The molecule has 0 saturated carbocycles. The zero-order valence-corrected chi connectivity index (χ0v) is 15.1. The number of aromatic nitrogens is 3. The summed E-state index contributed by atoms with van der Waals surface area (Å²) in [4.78, 5) is 17.4. The summed E-state index contributed by atoms with van der Waals surface area (Å²) in [6, 6.07) is 21.0. The normalized spacial score (nSPS) is 10.8. The summed E-state index contributed by atoms with van der Waals surface area (Å²) < 4.78 is 3.27. The Morgan fingerprint density at radius 3 is 2.48 bits per heavy atom. The summed E-state index contributed by atoms with van der Waals surface area (Å²) in [5.74, 6) is 0. The second-order valence-corrected chi connectivity index (χ2v) is 6.54. The Labute approximate surface area is 160 Å². The van der Waals surface area contributed by atoms with Crippen molar-refractivity contribution in [1.82, 2.24) is 14.1 Å². The molecule has 0 spiro atoms. The molecular formula is C21H15ClN4O. The number of pyridine rings is 1. The van der Waals surface area contributed by atoms with Gasteiger partial charge < -0.3 is 0 Å². The van der Waals surface area contributed by atoms with Gasteiger partial charge in [-0.2, -0.15) is 5.26 Å². The molecular weight excluding hydrogens is 360 g/mol. The molecule has 0 unspecified atom stereocenters. The SMILES string of the molecule is N#Cc1ccccc1Cn1c(=O)n(Cc2ccccc2)c2c(Cl)nccc21. The van der Waals surface area contributed by atoms with Gasteiger partial charge in [0.1, 0.15) is 5.52 Å². The van der Waals surface area contributed by atoms with Gasteiger partial charge in [-0.1, -0.05) is 60.1 Å². The van der Waals surface area contributed by atoms with Crippen molar-refractivity contribution in [3.8, 4) is 6.07 Å². The van der Waals surface area contributed by atoms with Gasteiger partial charge in [0.05, 0.1) is 30.2 Å². The molecule has 0 saturated heterocycles. The van der Waals surface area contributed by atoms with Gasteiger partial charge in [0, 0.05) is 6.20 Å². The summed E-state index contributed by atoms with van der Waals surface area (Å²) >= 11 is 6.34. The van der Waals surface area contributed by atoms with Crippen LogP contribution in [0.25, 0.3) is 11.0 Å². The maximum absolute atomic E-state index is 13.2. The average Bonchev–Trinajstić information content (AvgIpc) is 2.96. The Morgan fingerprint density at radius 1 is 0.963 bits per heavy atom. The van der Waals surface area contributed by atoms with Gasteiger partial charge in [0.25, 0.3) is 0 Å². The van der Waals surface area contributed by atoms with E-state index in [-0.39, 0.29) is 10.8 Å². The topological polar surface area (TPSA) is 63.6 Å². The van der Waals surface area contributed by atoms with Crippen LogP contribution in [0.4, 0.5) is 0 Å². The third kappa shape index (κ3) is 3.12. The van der Waals surface area contributed by atoms with Gasteiger partial charge in [-0.15, -0.1) is 0 Å². The summed E-state index contributed by atoms with van der Waals surface area (Å²) in [5, 5.41) is 9.63. The van der Waals surface area contributed by atoms with Crippen LogP contribution >= 0.6 is 11.6 Å². The number of hydrogen-bond acceptors (Lipinski definition) is 3. The van der Waals surface area contributed by atoms with Crippen LogP contribution in [0.1, 0.15) is 16.7 Å². The van der Waals surface area contributed by atoms with E-state index in [0.717, 1.165) is 11.1 Å². The quantitative estimate of drug-likeness (QED) is 0.510. The number of nitrogens with zero attached hydrogens (tertiary/aromatic N) is 4. The molecule has 27 heavy (non-hydrogen) atoms. The van der Waals surface area contributed by atoms with Crippen LogP contribution in [0.3, 0.4) is 0 Å². The van der Waals surface area contributed by atoms with Gasteiger partial charge in [-0.3, -0.25) is 9.13 Å². The van der Waals surface area contributed by atoms with Crippen molar-refractivity contribution < 1.29 is 0 Å². The minimum Gasteiger partial charge on any atom is -0.287 e. The first kappa shape index (κ1) is 17.1. The van der Waals surface area contributed by atoms with Gasteiger partial charge >= 0.3 is 5.69 Å². The highest BCUT2D eigenvalue weighted by molar-refractivity contribution is 6.33. The molecule has 4 rings (SSSR count). The molecule has 0 aliphatic carbocycles. The van der Waals surface area contributed by atoms with E-state index in [4.69, 9.17) is 11.6 Å². The summed E-state index contributed by atoms with van der Waals surface area (Å²) in [7, 11) is 0. The lowest BCUT2D eigenvalue weighted by Crippen LogP contribution is -2.25. The molecule has 6 heteroatoms. The first-order valence-electron chi connectivity index (χ1n) is 8.44. The Morgan fingerprint density at radius 2 is 1.70 bits per heavy atom. The van der Waals surface area contributed by atoms with Gasteiger partial charge in [0.2, 0.25) is 0 Å². The van der Waals surface area contributed by atoms with E-state index in [2.05, 4.69) is 11.1 Å². The van der Waals surface area contributed by atoms with E-state index in [1.165, 1.54) is 0 Å². The first-order chi connectivity index (χ1) is 13.2. The molecule has 2 heterocycles. The van der Waals surface area contributed by atoms with Crippen molar-refractivity contribution in [2.75, 3.05) is 0 Å². The van der Waals surface area contributed by atoms with E-state index in [0.29, 0.717) is 29.7 Å². The van der Waals surface area contributed by atoms with Gasteiger partial charge in [0.15, 0.2) is 5.15 Å². The average molecular weight is 375 g/mol. The maximum atomic E-state index is 13.2. The van der Waals surface area contributed by atoms with Crippen LogP contribution in [0.15, 0.2) is 71.7 Å². The molecule has 0 fully saturated rings. The van der Waals surface area contributed by atoms with Crippen LogP contribution < -0.4 is 5.69 Å². The Bertz CT molecular complexity index is 1220. The second-order valence-electron chi connectivity index (χ2n) is 6.18. The van der Waals surface area contributed by atoms with E-state index in [1.54, 1.807) is 27.5 Å². The third-order valence-electron chi connectivity index (χ3n) is 4.53. The van der Waals surface area contributed by atoms with Crippen LogP contribution in [-0.2, 0) is 13.1 Å². The number of nitriles is 1. The van der Waals surface area contributed by atoms with E-state index in [9.17, 15) is 10.1 Å². The van der Waals surface area contributed by atoms with Crippen LogP contribution in [0.5, 0.6) is 0 Å². The van der Waals surface area contributed by atoms with Crippen molar-refractivity contribution in [3.05, 3.63) is 99.2 Å². The third-order valence-corrected chi connectivity index (χ3v) is 4.81. The molecule has 2 aromatic carbocycles. The smallest absolute Gasteiger partial charge is 0.287 e. The predicted octanol–water partition coefficient (Wildman–Crippen LogP) is 3.82. The lowest BCUT2D eigenvalue weighted by molar-refractivity contribution is 0.700. The van der Waals surface area contributed by atoms with Gasteiger partial charge in [-0.25, -0.2) is 9.78 Å². The molecule has 0 bridgehead atoms. The Hall–Kier alpha value is -3.36. The molecule has 4 aromatic rings. The minimum absolute atomic E-state index is 0.184. The number of benzene rings is 2. The highest BCUT2D eigenvalue weighted by Crippen LogP contribution is 2.22. The van der Waals surface area contributed by atoms with E-state index < -0.39 is 0 Å². The number of rotatable bonds is 4. The Kier molecular flexibility index (Phi) is 4.49. The van der Waals surface area contributed by atoms with Crippen molar-refractivity contribution in [2.45, 2.75) is 13.1 Å². The van der Waals surface area contributed by atoms with Crippen LogP contribution in [0, 0.1) is 11.3 Å². The molecule has 0 atom stereocenters. The highest BCUT2D eigenvalue weighted by atomic mass is 35.5. The number of hydrogen-bond donors (Lipinski definition) is 0. The fourth-order valence-corrected chi connectivity index (χ4v) is 3.49. The summed E-state index contributed by atoms with van der Waals surface area (Å²) in [6.07, 6.45) is 1.59.